The molecule has 1 aromatic carbocycles. The first-order chi connectivity index (χ1) is 19.9. The maximum absolute atomic E-state index is 14.5. The number of hydrogen-bond acceptors (Lipinski definition) is 9. The summed E-state index contributed by atoms with van der Waals surface area (Å²) in [6.45, 7) is 4.30. The van der Waals surface area contributed by atoms with Crippen molar-refractivity contribution in [2.24, 2.45) is 11.8 Å². The molecular formula is C28H36FN3O9S2. The average Bonchev–Trinajstić information content (AvgIpc) is 3.61. The van der Waals surface area contributed by atoms with Crippen molar-refractivity contribution in [1.82, 2.24) is 15.5 Å². The number of carbonyl (C=O) groups is 2. The van der Waals surface area contributed by atoms with Crippen molar-refractivity contribution < 1.29 is 46.3 Å². The van der Waals surface area contributed by atoms with Gasteiger partial charge in [-0.25, -0.2) is 32.2 Å². The van der Waals surface area contributed by atoms with Gasteiger partial charge >= 0.3 is 0 Å². The zero-order valence-electron chi connectivity index (χ0n) is 24.4. The molecule has 1 aliphatic carbocycles. The normalized spacial score (nSPS) is 18.7. The molecule has 15 heteroatoms. The van der Waals surface area contributed by atoms with Gasteiger partial charge in [0.05, 0.1) is 11.1 Å². The van der Waals surface area contributed by atoms with Crippen molar-refractivity contribution in [1.29, 1.82) is 0 Å². The van der Waals surface area contributed by atoms with Crippen LogP contribution in [0.15, 0.2) is 24.4 Å². The lowest BCUT2D eigenvalue weighted by Gasteiger charge is -2.25. The summed E-state index contributed by atoms with van der Waals surface area (Å²) in [7, 11) is -7.32. The van der Waals surface area contributed by atoms with Gasteiger partial charge in [0.1, 0.15) is 10.6 Å². The quantitative estimate of drug-likeness (QED) is 0.152. The van der Waals surface area contributed by atoms with Gasteiger partial charge in [-0.2, -0.15) is 0 Å². The van der Waals surface area contributed by atoms with Gasteiger partial charge < -0.3 is 9.67 Å². The van der Waals surface area contributed by atoms with E-state index >= 15 is 0 Å². The van der Waals surface area contributed by atoms with Crippen LogP contribution in [0.25, 0.3) is 10.9 Å². The number of aromatic nitrogens is 1. The molecule has 4 atom stereocenters. The summed E-state index contributed by atoms with van der Waals surface area (Å²) in [6.07, 6.45) is 4.43. The number of sulfone groups is 2. The summed E-state index contributed by atoms with van der Waals surface area (Å²) in [4.78, 5) is 22.9. The first-order valence-electron chi connectivity index (χ1n) is 13.1. The van der Waals surface area contributed by atoms with Crippen molar-refractivity contribution in [3.8, 4) is 23.7 Å². The monoisotopic (exact) mass is 641 g/mol. The van der Waals surface area contributed by atoms with Gasteiger partial charge in [-0.15, -0.1) is 0 Å². The van der Waals surface area contributed by atoms with Crippen LogP contribution in [0.4, 0.5) is 4.39 Å². The Morgan fingerprint density at radius 3 is 2.09 bits per heavy atom. The molecule has 1 heterocycles. The van der Waals surface area contributed by atoms with Gasteiger partial charge in [0, 0.05) is 43.2 Å². The van der Waals surface area contributed by atoms with Crippen LogP contribution in [0.5, 0.6) is 0 Å². The lowest BCUT2D eigenvalue weighted by Crippen LogP contribution is -2.49. The molecule has 1 saturated carbocycles. The number of aryl methyl sites for hydroxylation is 1. The van der Waals surface area contributed by atoms with E-state index in [1.165, 1.54) is 30.9 Å². The average molecular weight is 642 g/mol. The Morgan fingerprint density at radius 2 is 1.63 bits per heavy atom. The Labute approximate surface area is 250 Å². The first kappa shape index (κ1) is 35.7. The van der Waals surface area contributed by atoms with E-state index in [1.54, 1.807) is 29.8 Å². The molecule has 0 radical (unpaired) electrons. The minimum absolute atomic E-state index is 0.114. The largest absolute Gasteiger partial charge is 0.396 e. The maximum atomic E-state index is 14.5. The Bertz CT molecular complexity index is 1720. The number of benzene rings is 1. The summed E-state index contributed by atoms with van der Waals surface area (Å²) in [5.74, 6) is 8.89. The number of fused-ring (bicyclic) bond motifs is 1. The second-order valence-corrected chi connectivity index (χ2v) is 15.6. The van der Waals surface area contributed by atoms with Gasteiger partial charge in [-0.1, -0.05) is 12.8 Å². The zero-order chi connectivity index (χ0) is 32.8. The van der Waals surface area contributed by atoms with Gasteiger partial charge in [0.2, 0.25) is 0 Å². The fraction of sp³-hybridized carbons (Fsp3) is 0.500. The highest BCUT2D eigenvalue weighted by Crippen LogP contribution is 2.36. The van der Waals surface area contributed by atoms with Crippen molar-refractivity contribution in [2.75, 3.05) is 19.1 Å². The predicted molar refractivity (Wildman–Crippen MR) is 156 cm³/mol. The molecule has 2 aromatic rings. The minimum Gasteiger partial charge on any atom is -0.396 e. The standard InChI is InChI=1S/C22H23FN2O5S.C6H13NO4S/c1-22(21(27)24-28,31(2,29)30)8-10-25-9-7-17-12-16(19(23)13-20(17)25)6-4-3-5-15-11-18(15)14-26;1-4-6(2,5(8)7-9)12(3,10)11/h7,9,12-13,15,18,26,28H,8,10-11,14H2,1-2H3,(H,24,27);9H,4H2,1-3H3,(H,7,8)/t15?,18?,22-;/m1./s1. The van der Waals surface area contributed by atoms with Gasteiger partial charge in [-0.05, 0) is 75.0 Å². The van der Waals surface area contributed by atoms with Crippen LogP contribution in [0.1, 0.15) is 45.6 Å². The molecular weight excluding hydrogens is 605 g/mol. The van der Waals surface area contributed by atoms with Crippen LogP contribution in [0.2, 0.25) is 0 Å². The van der Waals surface area contributed by atoms with Crippen molar-refractivity contribution in [3.05, 3.63) is 35.8 Å². The molecule has 1 fully saturated rings. The number of aliphatic hydroxyl groups excluding tert-OH is 1. The van der Waals surface area contributed by atoms with E-state index in [2.05, 4.69) is 23.7 Å². The van der Waals surface area contributed by atoms with Crippen LogP contribution >= 0.6 is 0 Å². The molecule has 0 aliphatic heterocycles. The molecule has 1 aliphatic rings. The van der Waals surface area contributed by atoms with Crippen LogP contribution in [0.3, 0.4) is 0 Å². The van der Waals surface area contributed by atoms with Crippen LogP contribution in [-0.2, 0) is 35.8 Å². The number of nitrogens with one attached hydrogen (secondary N) is 2. The fourth-order valence-corrected chi connectivity index (χ4v) is 5.74. The highest BCUT2D eigenvalue weighted by molar-refractivity contribution is 7.93. The van der Waals surface area contributed by atoms with Crippen LogP contribution < -0.4 is 11.0 Å². The fourth-order valence-electron chi connectivity index (χ4n) is 3.99. The second kappa shape index (κ2) is 13.9. The Balaban J connectivity index is 0.000000455. The molecule has 1 aromatic heterocycles. The molecule has 0 saturated heterocycles. The molecule has 12 nitrogen and oxygen atoms in total. The highest BCUT2D eigenvalue weighted by Gasteiger charge is 2.43. The third-order valence-corrected chi connectivity index (χ3v) is 12.0. The van der Waals surface area contributed by atoms with E-state index in [-0.39, 0.29) is 43.4 Å². The smallest absolute Gasteiger partial charge is 0.264 e. The minimum atomic E-state index is -3.82. The predicted octanol–water partition coefficient (Wildman–Crippen LogP) is 1.17. The second-order valence-electron chi connectivity index (χ2n) is 10.7. The molecule has 0 spiro atoms. The third-order valence-electron chi connectivity index (χ3n) is 7.84. The molecule has 3 rings (SSSR count). The SMILES string of the molecule is CCC(C)(C(=O)NO)S(C)(=O)=O.C[C@@](CCn1ccc2cc(C#CC#CC3CC3CO)c(F)cc21)(C(=O)NO)S(C)(=O)=O. The van der Waals surface area contributed by atoms with Crippen LogP contribution in [-0.4, -0.2) is 77.4 Å². The first-order valence-corrected chi connectivity index (χ1v) is 16.9. The maximum Gasteiger partial charge on any atom is 0.264 e. The summed E-state index contributed by atoms with van der Waals surface area (Å²) in [5, 5.41) is 26.9. The van der Waals surface area contributed by atoms with Crippen molar-refractivity contribution >= 4 is 42.4 Å². The van der Waals surface area contributed by atoms with Crippen molar-refractivity contribution in [3.63, 3.8) is 0 Å². The Morgan fingerprint density at radius 1 is 1.05 bits per heavy atom. The summed E-state index contributed by atoms with van der Waals surface area (Å²) in [6, 6.07) is 4.63. The lowest BCUT2D eigenvalue weighted by atomic mass is 10.1. The van der Waals surface area contributed by atoms with E-state index in [0.717, 1.165) is 18.9 Å². The lowest BCUT2D eigenvalue weighted by molar-refractivity contribution is -0.132. The molecule has 43 heavy (non-hydrogen) atoms. The van der Waals surface area contributed by atoms with E-state index < -0.39 is 46.8 Å². The van der Waals surface area contributed by atoms with E-state index in [4.69, 9.17) is 15.5 Å². The number of rotatable bonds is 9. The number of hydrogen-bond donors (Lipinski definition) is 5. The highest BCUT2D eigenvalue weighted by atomic mass is 32.2. The molecule has 236 valence electrons. The number of aliphatic hydroxyl groups is 1. The topological polar surface area (TPSA) is 192 Å². The number of carbonyl (C=O) groups excluding carboxylic acids is 2. The zero-order valence-corrected chi connectivity index (χ0v) is 26.1. The Kier molecular flexibility index (Phi) is 11.5. The third kappa shape index (κ3) is 8.13. The van der Waals surface area contributed by atoms with Gasteiger partial charge in [0.25, 0.3) is 11.8 Å². The van der Waals surface area contributed by atoms with Gasteiger partial charge in [0.15, 0.2) is 24.4 Å². The number of hydroxylamine groups is 2. The molecule has 0 bridgehead atoms. The Hall–Kier alpha value is -3.47. The number of nitrogens with zero attached hydrogens (tertiary/aromatic N) is 1. The molecule has 3 unspecified atom stereocenters. The van der Waals surface area contributed by atoms with Crippen LogP contribution in [0, 0.1) is 41.3 Å². The number of halogens is 1. The summed E-state index contributed by atoms with van der Waals surface area (Å²) >= 11 is 0. The number of amides is 2. The molecule has 5 N–H and O–H groups in total. The van der Waals surface area contributed by atoms with Gasteiger partial charge in [-0.3, -0.25) is 20.0 Å². The van der Waals surface area contributed by atoms with E-state index in [9.17, 15) is 30.8 Å². The van der Waals surface area contributed by atoms with Crippen molar-refractivity contribution in [2.45, 2.75) is 56.1 Å². The summed E-state index contributed by atoms with van der Waals surface area (Å²) < 4.78 is 59.2. The summed E-state index contributed by atoms with van der Waals surface area (Å²) in [5.41, 5.74) is 3.47. The molecule has 2 amide bonds. The van der Waals surface area contributed by atoms with E-state index in [1.807, 2.05) is 0 Å². The van der Waals surface area contributed by atoms with E-state index in [0.29, 0.717) is 10.9 Å².